The number of benzene rings is 2. The smallest absolute Gasteiger partial charge is 0.262 e. The van der Waals surface area contributed by atoms with Crippen LogP contribution in [0.4, 0.5) is 5.69 Å². The molecular formula is C19H14Cl2N4O2. The number of halogens is 2. The lowest BCUT2D eigenvalue weighted by Gasteiger charge is -2.12. The van der Waals surface area contributed by atoms with Crippen molar-refractivity contribution < 1.29 is 4.79 Å². The molecule has 2 heterocycles. The van der Waals surface area contributed by atoms with Crippen LogP contribution in [-0.2, 0) is 11.3 Å². The van der Waals surface area contributed by atoms with E-state index in [1.165, 1.54) is 4.57 Å². The van der Waals surface area contributed by atoms with E-state index in [9.17, 15) is 9.59 Å². The molecule has 4 rings (SSSR count). The van der Waals surface area contributed by atoms with E-state index in [1.54, 1.807) is 40.9 Å². The molecule has 2 aromatic heterocycles. The van der Waals surface area contributed by atoms with Crippen LogP contribution in [0.25, 0.3) is 16.6 Å². The zero-order valence-corrected chi connectivity index (χ0v) is 15.8. The number of carbonyl (C=O) groups is 1. The Bertz CT molecular complexity index is 1240. The van der Waals surface area contributed by atoms with E-state index in [0.717, 1.165) is 5.69 Å². The van der Waals surface area contributed by atoms with Crippen LogP contribution in [-0.4, -0.2) is 20.1 Å². The number of hydrogen-bond donors (Lipinski definition) is 1. The number of rotatable bonds is 3. The van der Waals surface area contributed by atoms with Gasteiger partial charge in [0, 0.05) is 6.07 Å². The minimum absolute atomic E-state index is 0.195. The van der Waals surface area contributed by atoms with Gasteiger partial charge in [-0.25, -0.2) is 4.52 Å². The van der Waals surface area contributed by atoms with Gasteiger partial charge in [0.15, 0.2) is 0 Å². The second kappa shape index (κ2) is 6.72. The molecule has 0 aliphatic carbocycles. The first kappa shape index (κ1) is 17.6. The summed E-state index contributed by atoms with van der Waals surface area (Å²) in [5.74, 6) is -0.414. The van der Waals surface area contributed by atoms with Crippen molar-refractivity contribution >= 4 is 51.3 Å². The first-order valence-electron chi connectivity index (χ1n) is 8.17. The normalized spacial score (nSPS) is 11.2. The Morgan fingerprint density at radius 2 is 1.81 bits per heavy atom. The van der Waals surface area contributed by atoms with Gasteiger partial charge in [0.05, 0.1) is 32.3 Å². The summed E-state index contributed by atoms with van der Waals surface area (Å²) >= 11 is 12.2. The van der Waals surface area contributed by atoms with Crippen LogP contribution in [0.5, 0.6) is 0 Å². The average molecular weight is 401 g/mol. The van der Waals surface area contributed by atoms with Crippen molar-refractivity contribution in [3.8, 4) is 0 Å². The fraction of sp³-hybridized carbons (Fsp3) is 0.105. The molecule has 6 nitrogen and oxygen atoms in total. The average Bonchev–Trinajstić information content (AvgIpc) is 3.03. The zero-order chi connectivity index (χ0) is 19.1. The molecule has 0 aliphatic rings. The van der Waals surface area contributed by atoms with Crippen LogP contribution in [0.3, 0.4) is 0 Å². The lowest BCUT2D eigenvalue weighted by Crippen LogP contribution is -2.29. The largest absolute Gasteiger partial charge is 0.322 e. The number of carbonyl (C=O) groups excluding carboxylic acids is 1. The van der Waals surface area contributed by atoms with Crippen LogP contribution in [0.1, 0.15) is 5.69 Å². The quantitative estimate of drug-likeness (QED) is 0.566. The van der Waals surface area contributed by atoms with Crippen molar-refractivity contribution in [2.75, 3.05) is 5.32 Å². The minimum atomic E-state index is -0.414. The molecule has 27 heavy (non-hydrogen) atoms. The van der Waals surface area contributed by atoms with Gasteiger partial charge >= 0.3 is 0 Å². The number of aromatic nitrogens is 3. The predicted octanol–water partition coefficient (Wildman–Crippen LogP) is 3.90. The molecule has 0 radical (unpaired) electrons. The first-order chi connectivity index (χ1) is 13.0. The number of para-hydroxylation sites is 2. The van der Waals surface area contributed by atoms with Gasteiger partial charge in [-0.15, -0.1) is 0 Å². The highest BCUT2D eigenvalue weighted by atomic mass is 35.5. The molecule has 1 amide bonds. The number of nitrogens with one attached hydrogen (secondary N) is 1. The van der Waals surface area contributed by atoms with Crippen molar-refractivity contribution in [3.05, 3.63) is 74.6 Å². The SMILES string of the molecule is Cc1cc2n(CC(=O)Nc3c(Cl)cccc3Cl)c(=O)c3ccccc3n2n1. The van der Waals surface area contributed by atoms with Gasteiger partial charge in [-0.2, -0.15) is 5.10 Å². The van der Waals surface area contributed by atoms with Gasteiger partial charge in [-0.3, -0.25) is 14.2 Å². The Labute approximate surface area is 163 Å². The Balaban J connectivity index is 1.80. The summed E-state index contributed by atoms with van der Waals surface area (Å²) in [5, 5.41) is 8.26. The van der Waals surface area contributed by atoms with E-state index < -0.39 is 5.91 Å². The number of anilines is 1. The Morgan fingerprint density at radius 1 is 1.11 bits per heavy atom. The van der Waals surface area contributed by atoms with Crippen LogP contribution in [0.15, 0.2) is 53.3 Å². The van der Waals surface area contributed by atoms with E-state index in [4.69, 9.17) is 23.2 Å². The van der Waals surface area contributed by atoms with Crippen molar-refractivity contribution in [3.63, 3.8) is 0 Å². The summed E-state index contributed by atoms with van der Waals surface area (Å²) in [6.45, 7) is 1.64. The van der Waals surface area contributed by atoms with Gasteiger partial charge in [-0.05, 0) is 31.2 Å². The Morgan fingerprint density at radius 3 is 2.56 bits per heavy atom. The summed E-state index contributed by atoms with van der Waals surface area (Å²) in [6.07, 6.45) is 0. The predicted molar refractivity (Wildman–Crippen MR) is 107 cm³/mol. The lowest BCUT2D eigenvalue weighted by atomic mass is 10.2. The molecule has 136 valence electrons. The van der Waals surface area contributed by atoms with Gasteiger partial charge in [0.2, 0.25) is 5.91 Å². The highest BCUT2D eigenvalue weighted by Crippen LogP contribution is 2.29. The molecule has 0 saturated carbocycles. The van der Waals surface area contributed by atoms with E-state index in [2.05, 4.69) is 10.4 Å². The van der Waals surface area contributed by atoms with Crippen molar-refractivity contribution in [2.45, 2.75) is 13.5 Å². The summed E-state index contributed by atoms with van der Waals surface area (Å²) < 4.78 is 3.06. The Kier molecular flexibility index (Phi) is 4.37. The maximum atomic E-state index is 13.0. The second-order valence-electron chi connectivity index (χ2n) is 6.11. The fourth-order valence-corrected chi connectivity index (χ4v) is 3.53. The second-order valence-corrected chi connectivity index (χ2v) is 6.92. The third-order valence-corrected chi connectivity index (χ3v) is 4.86. The monoisotopic (exact) mass is 400 g/mol. The summed E-state index contributed by atoms with van der Waals surface area (Å²) in [5.41, 5.74) is 2.03. The third kappa shape index (κ3) is 3.07. The molecule has 0 saturated heterocycles. The summed E-state index contributed by atoms with van der Waals surface area (Å²) in [6, 6.07) is 13.9. The topological polar surface area (TPSA) is 68.4 Å². The van der Waals surface area contributed by atoms with Crippen LogP contribution >= 0.6 is 23.2 Å². The van der Waals surface area contributed by atoms with Crippen molar-refractivity contribution in [1.82, 2.24) is 14.2 Å². The molecule has 0 bridgehead atoms. The Hall–Kier alpha value is -2.83. The summed E-state index contributed by atoms with van der Waals surface area (Å²) in [7, 11) is 0. The van der Waals surface area contributed by atoms with E-state index in [-0.39, 0.29) is 12.1 Å². The molecule has 1 N–H and O–H groups in total. The maximum Gasteiger partial charge on any atom is 0.262 e. The van der Waals surface area contributed by atoms with Crippen LogP contribution < -0.4 is 10.9 Å². The summed E-state index contributed by atoms with van der Waals surface area (Å²) in [4.78, 5) is 25.6. The molecule has 8 heteroatoms. The molecule has 0 aliphatic heterocycles. The molecule has 0 atom stereocenters. The molecule has 0 spiro atoms. The molecule has 0 fully saturated rings. The van der Waals surface area contributed by atoms with Crippen molar-refractivity contribution in [1.29, 1.82) is 0 Å². The molecule has 2 aromatic carbocycles. The van der Waals surface area contributed by atoms with Gasteiger partial charge in [0.1, 0.15) is 12.2 Å². The molecular weight excluding hydrogens is 387 g/mol. The van der Waals surface area contributed by atoms with Crippen LogP contribution in [0.2, 0.25) is 10.0 Å². The molecule has 0 unspecified atom stereocenters. The highest BCUT2D eigenvalue weighted by Gasteiger charge is 2.16. The standard InChI is InChI=1S/C19H14Cl2N4O2/c1-11-9-17-24(10-16(26)22-18-13(20)6-4-7-14(18)21)19(27)12-5-2-3-8-15(12)25(17)23-11/h2-9H,10H2,1H3,(H,22,26). The van der Waals surface area contributed by atoms with Crippen LogP contribution in [0, 0.1) is 6.92 Å². The molecule has 4 aromatic rings. The highest BCUT2D eigenvalue weighted by molar-refractivity contribution is 6.39. The van der Waals surface area contributed by atoms with E-state index in [0.29, 0.717) is 32.3 Å². The number of hydrogen-bond acceptors (Lipinski definition) is 3. The van der Waals surface area contributed by atoms with Gasteiger partial charge < -0.3 is 5.32 Å². The number of nitrogens with zero attached hydrogens (tertiary/aromatic N) is 3. The zero-order valence-electron chi connectivity index (χ0n) is 14.2. The lowest BCUT2D eigenvalue weighted by molar-refractivity contribution is -0.116. The maximum absolute atomic E-state index is 13.0. The number of aryl methyl sites for hydroxylation is 1. The fourth-order valence-electron chi connectivity index (χ4n) is 3.04. The van der Waals surface area contributed by atoms with E-state index in [1.807, 2.05) is 19.1 Å². The van der Waals surface area contributed by atoms with Gasteiger partial charge in [0.25, 0.3) is 5.56 Å². The van der Waals surface area contributed by atoms with Crippen molar-refractivity contribution in [2.24, 2.45) is 0 Å². The van der Waals surface area contributed by atoms with E-state index >= 15 is 0 Å². The third-order valence-electron chi connectivity index (χ3n) is 4.23. The van der Waals surface area contributed by atoms with Gasteiger partial charge in [-0.1, -0.05) is 41.4 Å². The number of amides is 1. The minimum Gasteiger partial charge on any atom is -0.322 e. The number of fused-ring (bicyclic) bond motifs is 3. The first-order valence-corrected chi connectivity index (χ1v) is 8.93.